The number of halogens is 2. The first-order valence-electron chi connectivity index (χ1n) is 9.29. The zero-order valence-corrected chi connectivity index (χ0v) is 17.3. The molecular weight excluding hydrogens is 399 g/mol. The molecule has 1 aliphatic heterocycles. The van der Waals surface area contributed by atoms with Gasteiger partial charge in [-0.15, -0.1) is 12.4 Å². The average Bonchev–Trinajstić information content (AvgIpc) is 3.10. The molecule has 28 heavy (non-hydrogen) atoms. The van der Waals surface area contributed by atoms with E-state index in [1.54, 1.807) is 12.1 Å². The van der Waals surface area contributed by atoms with Gasteiger partial charge < -0.3 is 15.2 Å². The van der Waals surface area contributed by atoms with Gasteiger partial charge in [-0.25, -0.2) is 0 Å². The maximum absolute atomic E-state index is 10.9. The molecule has 1 atom stereocenters. The van der Waals surface area contributed by atoms with Crippen LogP contribution >= 0.6 is 24.0 Å². The first-order chi connectivity index (χ1) is 13.1. The Morgan fingerprint density at radius 2 is 1.68 bits per heavy atom. The smallest absolute Gasteiger partial charge is 0.217 e. The minimum Gasteiger partial charge on any atom is -0.492 e. The van der Waals surface area contributed by atoms with E-state index in [1.807, 2.05) is 36.4 Å². The largest absolute Gasteiger partial charge is 0.492 e. The molecule has 0 saturated carbocycles. The van der Waals surface area contributed by atoms with Crippen molar-refractivity contribution >= 4 is 29.9 Å². The third-order valence-corrected chi connectivity index (χ3v) is 4.94. The Morgan fingerprint density at radius 1 is 1.07 bits per heavy atom. The number of nitrogens with two attached hydrogens (primary N) is 1. The maximum atomic E-state index is 10.9. The number of amides is 1. The quantitative estimate of drug-likeness (QED) is 0.635. The van der Waals surface area contributed by atoms with Gasteiger partial charge in [-0.05, 0) is 80.9 Å². The molecule has 7 heteroatoms. The summed E-state index contributed by atoms with van der Waals surface area (Å²) in [5.74, 6) is 2.08. The Morgan fingerprint density at radius 3 is 2.32 bits per heavy atom. The second-order valence-electron chi connectivity index (χ2n) is 6.74. The molecule has 2 aromatic carbocycles. The van der Waals surface area contributed by atoms with Crippen LogP contribution < -0.4 is 15.2 Å². The standard InChI is InChI=1S/C21H25ClN2O3.ClH/c22-16-5-7-19(8-6-16)27-20-11-9-18(10-12-20)26-15-17-3-1-13-24(17)14-2-4-21(23)25;/h5-12,17H,1-4,13-15H2,(H2,23,25);1H/t17-;/m0./s1. The van der Waals surface area contributed by atoms with Crippen molar-refractivity contribution in [1.29, 1.82) is 0 Å². The average molecular weight is 425 g/mol. The predicted octanol–water partition coefficient (Wildman–Crippen LogP) is 4.66. The second kappa shape index (κ2) is 11.1. The van der Waals surface area contributed by atoms with Gasteiger partial charge in [-0.2, -0.15) is 0 Å². The van der Waals surface area contributed by atoms with E-state index in [0.717, 1.165) is 43.2 Å². The van der Waals surface area contributed by atoms with Gasteiger partial charge in [0.1, 0.15) is 23.9 Å². The van der Waals surface area contributed by atoms with E-state index in [-0.39, 0.29) is 18.3 Å². The van der Waals surface area contributed by atoms with E-state index in [0.29, 0.717) is 24.1 Å². The molecule has 5 nitrogen and oxygen atoms in total. The van der Waals surface area contributed by atoms with Crippen LogP contribution in [0.2, 0.25) is 5.02 Å². The van der Waals surface area contributed by atoms with Gasteiger partial charge >= 0.3 is 0 Å². The van der Waals surface area contributed by atoms with Gasteiger partial charge in [0.25, 0.3) is 0 Å². The lowest BCUT2D eigenvalue weighted by atomic mass is 10.2. The number of carbonyl (C=O) groups is 1. The lowest BCUT2D eigenvalue weighted by Crippen LogP contribution is -2.35. The summed E-state index contributed by atoms with van der Waals surface area (Å²) >= 11 is 5.88. The van der Waals surface area contributed by atoms with Crippen molar-refractivity contribution in [2.75, 3.05) is 19.7 Å². The minimum absolute atomic E-state index is 0. The summed E-state index contributed by atoms with van der Waals surface area (Å²) in [6.07, 6.45) is 3.54. The van der Waals surface area contributed by atoms with Crippen LogP contribution in [0.25, 0.3) is 0 Å². The monoisotopic (exact) mass is 424 g/mol. The fourth-order valence-electron chi connectivity index (χ4n) is 3.27. The number of hydrogen-bond acceptors (Lipinski definition) is 4. The molecule has 1 saturated heterocycles. The Balaban J connectivity index is 0.00000280. The number of ether oxygens (including phenoxy) is 2. The molecule has 3 rings (SSSR count). The van der Waals surface area contributed by atoms with E-state index in [4.69, 9.17) is 26.8 Å². The Labute approximate surface area is 177 Å². The zero-order valence-electron chi connectivity index (χ0n) is 15.7. The van der Waals surface area contributed by atoms with Crippen LogP contribution in [0.15, 0.2) is 48.5 Å². The normalized spacial score (nSPS) is 16.4. The molecule has 0 radical (unpaired) electrons. The molecule has 0 aliphatic carbocycles. The Bertz CT molecular complexity index is 738. The number of carbonyl (C=O) groups excluding carboxylic acids is 1. The van der Waals surface area contributed by atoms with E-state index in [1.165, 1.54) is 6.42 Å². The van der Waals surface area contributed by atoms with Crippen molar-refractivity contribution in [3.05, 3.63) is 53.6 Å². The van der Waals surface area contributed by atoms with Gasteiger partial charge in [0.2, 0.25) is 5.91 Å². The van der Waals surface area contributed by atoms with Crippen molar-refractivity contribution < 1.29 is 14.3 Å². The number of rotatable bonds is 9. The fraction of sp³-hybridized carbons (Fsp3) is 0.381. The summed E-state index contributed by atoms with van der Waals surface area (Å²) in [6, 6.07) is 15.3. The lowest BCUT2D eigenvalue weighted by Gasteiger charge is -2.24. The first-order valence-corrected chi connectivity index (χ1v) is 9.66. The number of benzene rings is 2. The van der Waals surface area contributed by atoms with Crippen LogP contribution in [0.1, 0.15) is 25.7 Å². The van der Waals surface area contributed by atoms with E-state index in [2.05, 4.69) is 4.90 Å². The van der Waals surface area contributed by atoms with Gasteiger partial charge in [-0.3, -0.25) is 9.69 Å². The summed E-state index contributed by atoms with van der Waals surface area (Å²) in [5.41, 5.74) is 5.22. The second-order valence-corrected chi connectivity index (χ2v) is 7.18. The number of likely N-dealkylation sites (tertiary alicyclic amines) is 1. The highest BCUT2D eigenvalue weighted by atomic mass is 35.5. The summed E-state index contributed by atoms with van der Waals surface area (Å²) in [4.78, 5) is 13.3. The number of primary amides is 1. The molecular formula is C21H26Cl2N2O3. The highest BCUT2D eigenvalue weighted by Crippen LogP contribution is 2.26. The van der Waals surface area contributed by atoms with Crippen molar-refractivity contribution in [2.45, 2.75) is 31.7 Å². The van der Waals surface area contributed by atoms with Gasteiger partial charge in [0.15, 0.2) is 0 Å². The fourth-order valence-corrected chi connectivity index (χ4v) is 3.40. The molecule has 1 aliphatic rings. The highest BCUT2D eigenvalue weighted by molar-refractivity contribution is 6.30. The number of nitrogens with zero attached hydrogens (tertiary/aromatic N) is 1. The third kappa shape index (κ3) is 6.89. The molecule has 0 bridgehead atoms. The summed E-state index contributed by atoms with van der Waals surface area (Å²) in [5, 5.41) is 0.682. The summed E-state index contributed by atoms with van der Waals surface area (Å²) in [7, 11) is 0. The molecule has 1 amide bonds. The molecule has 0 unspecified atom stereocenters. The Kier molecular flexibility index (Phi) is 8.90. The lowest BCUT2D eigenvalue weighted by molar-refractivity contribution is -0.118. The van der Waals surface area contributed by atoms with Crippen LogP contribution in [-0.2, 0) is 4.79 Å². The van der Waals surface area contributed by atoms with Gasteiger partial charge in [0, 0.05) is 17.5 Å². The van der Waals surface area contributed by atoms with E-state index >= 15 is 0 Å². The molecule has 2 aromatic rings. The topological polar surface area (TPSA) is 64.8 Å². The van der Waals surface area contributed by atoms with Crippen molar-refractivity contribution in [2.24, 2.45) is 5.73 Å². The minimum atomic E-state index is -0.233. The van der Waals surface area contributed by atoms with Crippen molar-refractivity contribution in [3.8, 4) is 17.2 Å². The molecule has 1 heterocycles. The molecule has 0 aromatic heterocycles. The zero-order chi connectivity index (χ0) is 19.1. The molecule has 1 fully saturated rings. The Hall–Kier alpha value is -1.95. The summed E-state index contributed by atoms with van der Waals surface area (Å²) in [6.45, 7) is 2.60. The number of hydrogen-bond donors (Lipinski definition) is 1. The van der Waals surface area contributed by atoms with Crippen molar-refractivity contribution in [1.82, 2.24) is 4.90 Å². The third-order valence-electron chi connectivity index (χ3n) is 4.68. The maximum Gasteiger partial charge on any atom is 0.217 e. The van der Waals surface area contributed by atoms with E-state index < -0.39 is 0 Å². The SMILES string of the molecule is Cl.NC(=O)CCCN1CCC[C@H]1COc1ccc(Oc2ccc(Cl)cc2)cc1. The van der Waals surface area contributed by atoms with E-state index in [9.17, 15) is 4.79 Å². The molecule has 152 valence electrons. The molecule has 0 spiro atoms. The highest BCUT2D eigenvalue weighted by Gasteiger charge is 2.24. The van der Waals surface area contributed by atoms with Crippen LogP contribution in [0.5, 0.6) is 17.2 Å². The van der Waals surface area contributed by atoms with Crippen LogP contribution in [0.4, 0.5) is 0 Å². The van der Waals surface area contributed by atoms with Crippen molar-refractivity contribution in [3.63, 3.8) is 0 Å². The van der Waals surface area contributed by atoms with Gasteiger partial charge in [0.05, 0.1) is 0 Å². The molecule has 2 N–H and O–H groups in total. The first kappa shape index (κ1) is 22.3. The van der Waals surface area contributed by atoms with Crippen LogP contribution in [0.3, 0.4) is 0 Å². The van der Waals surface area contributed by atoms with Crippen LogP contribution in [-0.4, -0.2) is 36.5 Å². The van der Waals surface area contributed by atoms with Crippen LogP contribution in [0, 0.1) is 0 Å². The summed E-state index contributed by atoms with van der Waals surface area (Å²) < 4.78 is 11.7. The van der Waals surface area contributed by atoms with Gasteiger partial charge in [-0.1, -0.05) is 11.6 Å². The predicted molar refractivity (Wildman–Crippen MR) is 114 cm³/mol.